The van der Waals surface area contributed by atoms with Crippen LogP contribution in [0.1, 0.15) is 39.5 Å². The van der Waals surface area contributed by atoms with Gasteiger partial charge in [-0.1, -0.05) is 13.8 Å². The second-order valence-electron chi connectivity index (χ2n) is 4.01. The number of aliphatic hydroxyl groups is 1. The normalized spacial score (nSPS) is 23.1. The van der Waals surface area contributed by atoms with Crippen LogP contribution in [0.5, 0.6) is 0 Å². The summed E-state index contributed by atoms with van der Waals surface area (Å²) >= 11 is 1.92. The molecule has 3 heteroatoms. The van der Waals surface area contributed by atoms with Crippen LogP contribution in [0.25, 0.3) is 0 Å². The van der Waals surface area contributed by atoms with E-state index in [4.69, 9.17) is 5.73 Å². The van der Waals surface area contributed by atoms with Crippen molar-refractivity contribution in [2.24, 2.45) is 5.73 Å². The minimum atomic E-state index is -0.609. The molecule has 0 bridgehead atoms. The Kier molecular flexibility index (Phi) is 3.66. The second kappa shape index (κ2) is 4.20. The zero-order valence-corrected chi connectivity index (χ0v) is 9.49. The van der Waals surface area contributed by atoms with Crippen molar-refractivity contribution < 1.29 is 5.11 Å². The first-order valence-electron chi connectivity index (χ1n) is 5.17. The highest BCUT2D eigenvalue weighted by Crippen LogP contribution is 2.37. The number of hydrogen-bond acceptors (Lipinski definition) is 3. The first-order chi connectivity index (χ1) is 6.08. The van der Waals surface area contributed by atoms with Crippen LogP contribution in [0.2, 0.25) is 0 Å². The molecule has 13 heavy (non-hydrogen) atoms. The molecule has 0 saturated carbocycles. The molecule has 1 fully saturated rings. The van der Waals surface area contributed by atoms with Gasteiger partial charge in [0, 0.05) is 5.54 Å². The summed E-state index contributed by atoms with van der Waals surface area (Å²) in [7, 11) is 0. The predicted molar refractivity (Wildman–Crippen MR) is 59.0 cm³/mol. The molecule has 1 rings (SSSR count). The fourth-order valence-corrected chi connectivity index (χ4v) is 3.28. The molecule has 1 saturated heterocycles. The van der Waals surface area contributed by atoms with Crippen LogP contribution >= 0.6 is 11.8 Å². The molecule has 2 nitrogen and oxygen atoms in total. The van der Waals surface area contributed by atoms with Crippen molar-refractivity contribution in [3.8, 4) is 0 Å². The van der Waals surface area contributed by atoms with E-state index in [2.05, 4.69) is 13.8 Å². The molecule has 0 amide bonds. The number of thioether (sulfide) groups is 1. The predicted octanol–water partition coefficient (Wildman–Crippen LogP) is 1.76. The van der Waals surface area contributed by atoms with Crippen LogP contribution < -0.4 is 5.73 Å². The summed E-state index contributed by atoms with van der Waals surface area (Å²) in [6.45, 7) is 4.15. The lowest BCUT2D eigenvalue weighted by Crippen LogP contribution is -2.61. The molecular formula is C10H21NOS. The summed E-state index contributed by atoms with van der Waals surface area (Å²) in [5.74, 6) is 2.10. The van der Waals surface area contributed by atoms with Gasteiger partial charge in [-0.2, -0.15) is 11.8 Å². The van der Waals surface area contributed by atoms with E-state index in [1.165, 1.54) is 0 Å². The Morgan fingerprint density at radius 2 is 1.77 bits per heavy atom. The highest BCUT2D eigenvalue weighted by atomic mass is 32.2. The molecule has 0 atom stereocenters. The molecule has 0 aliphatic carbocycles. The molecule has 0 radical (unpaired) electrons. The molecule has 78 valence electrons. The van der Waals surface area contributed by atoms with Crippen molar-refractivity contribution in [3.63, 3.8) is 0 Å². The Morgan fingerprint density at radius 3 is 2.15 bits per heavy atom. The van der Waals surface area contributed by atoms with Crippen molar-refractivity contribution in [1.82, 2.24) is 0 Å². The molecule has 0 aromatic heterocycles. The third-order valence-electron chi connectivity index (χ3n) is 3.51. The van der Waals surface area contributed by atoms with E-state index in [9.17, 15) is 5.11 Å². The van der Waals surface area contributed by atoms with E-state index in [1.54, 1.807) is 0 Å². The molecule has 0 spiro atoms. The molecule has 3 N–H and O–H groups in total. The maximum absolute atomic E-state index is 10.5. The summed E-state index contributed by atoms with van der Waals surface area (Å²) in [6.07, 6.45) is 3.45. The van der Waals surface area contributed by atoms with Gasteiger partial charge in [-0.05, 0) is 37.2 Å². The van der Waals surface area contributed by atoms with E-state index >= 15 is 0 Å². The molecular weight excluding hydrogens is 182 g/mol. The van der Waals surface area contributed by atoms with E-state index < -0.39 is 5.60 Å². The largest absolute Gasteiger partial charge is 0.388 e. The molecule has 1 heterocycles. The summed E-state index contributed by atoms with van der Waals surface area (Å²) in [5.41, 5.74) is 5.27. The van der Waals surface area contributed by atoms with Crippen LogP contribution in [0.3, 0.4) is 0 Å². The van der Waals surface area contributed by atoms with E-state index in [0.717, 1.165) is 37.2 Å². The fraction of sp³-hybridized carbons (Fsp3) is 1.00. The van der Waals surface area contributed by atoms with Gasteiger partial charge >= 0.3 is 0 Å². The highest BCUT2D eigenvalue weighted by molar-refractivity contribution is 7.99. The monoisotopic (exact) mass is 203 g/mol. The molecule has 1 aliphatic heterocycles. The van der Waals surface area contributed by atoms with Crippen molar-refractivity contribution >= 4 is 11.8 Å². The van der Waals surface area contributed by atoms with Gasteiger partial charge in [0.15, 0.2) is 0 Å². The van der Waals surface area contributed by atoms with Crippen molar-refractivity contribution in [2.75, 3.05) is 11.5 Å². The standard InChI is InChI=1S/C10H21NOS/c1-3-9(11,4-2)10(12)5-7-13-8-6-10/h12H,3-8,11H2,1-2H3. The topological polar surface area (TPSA) is 46.2 Å². The molecule has 0 unspecified atom stereocenters. The lowest BCUT2D eigenvalue weighted by molar-refractivity contribution is -0.0467. The van der Waals surface area contributed by atoms with Crippen LogP contribution in [-0.2, 0) is 0 Å². The number of rotatable bonds is 3. The lowest BCUT2D eigenvalue weighted by Gasteiger charge is -2.46. The van der Waals surface area contributed by atoms with Gasteiger partial charge in [-0.25, -0.2) is 0 Å². The highest BCUT2D eigenvalue weighted by Gasteiger charge is 2.45. The molecule has 0 aromatic carbocycles. The van der Waals surface area contributed by atoms with Crippen LogP contribution in [0.4, 0.5) is 0 Å². The number of nitrogens with two attached hydrogens (primary N) is 1. The third-order valence-corrected chi connectivity index (χ3v) is 4.49. The summed E-state index contributed by atoms with van der Waals surface area (Å²) in [5, 5.41) is 10.5. The first kappa shape index (κ1) is 11.3. The van der Waals surface area contributed by atoms with E-state index in [0.29, 0.717) is 0 Å². The Balaban J connectivity index is 2.74. The van der Waals surface area contributed by atoms with Crippen LogP contribution in [-0.4, -0.2) is 27.8 Å². The maximum atomic E-state index is 10.5. The Labute approximate surface area is 85.3 Å². The minimum Gasteiger partial charge on any atom is -0.388 e. The quantitative estimate of drug-likeness (QED) is 0.735. The summed E-state index contributed by atoms with van der Waals surface area (Å²) < 4.78 is 0. The SMILES string of the molecule is CCC(N)(CC)C1(O)CCSCC1. The summed E-state index contributed by atoms with van der Waals surface area (Å²) in [6, 6.07) is 0. The van der Waals surface area contributed by atoms with E-state index in [-0.39, 0.29) is 5.54 Å². The van der Waals surface area contributed by atoms with E-state index in [1.807, 2.05) is 11.8 Å². The van der Waals surface area contributed by atoms with Gasteiger partial charge in [0.05, 0.1) is 5.60 Å². The zero-order chi connectivity index (χ0) is 9.95. The Bertz CT molecular complexity index is 162. The van der Waals surface area contributed by atoms with Crippen LogP contribution in [0, 0.1) is 0 Å². The van der Waals surface area contributed by atoms with Gasteiger partial charge in [0.1, 0.15) is 0 Å². The maximum Gasteiger partial charge on any atom is 0.0841 e. The smallest absolute Gasteiger partial charge is 0.0841 e. The second-order valence-corrected chi connectivity index (χ2v) is 5.23. The van der Waals surface area contributed by atoms with Crippen LogP contribution in [0.15, 0.2) is 0 Å². The Hall–Kier alpha value is 0.270. The van der Waals surface area contributed by atoms with Gasteiger partial charge in [0.2, 0.25) is 0 Å². The zero-order valence-electron chi connectivity index (χ0n) is 8.68. The summed E-state index contributed by atoms with van der Waals surface area (Å²) in [4.78, 5) is 0. The van der Waals surface area contributed by atoms with Gasteiger partial charge in [0.25, 0.3) is 0 Å². The van der Waals surface area contributed by atoms with Crippen molar-refractivity contribution in [1.29, 1.82) is 0 Å². The molecule has 1 aliphatic rings. The fourth-order valence-electron chi connectivity index (χ4n) is 2.12. The van der Waals surface area contributed by atoms with Crippen molar-refractivity contribution in [3.05, 3.63) is 0 Å². The average molecular weight is 203 g/mol. The molecule has 0 aromatic rings. The average Bonchev–Trinajstić information content (AvgIpc) is 2.17. The van der Waals surface area contributed by atoms with Gasteiger partial charge in [-0.15, -0.1) is 0 Å². The van der Waals surface area contributed by atoms with Crippen molar-refractivity contribution in [2.45, 2.75) is 50.7 Å². The minimum absolute atomic E-state index is 0.367. The first-order valence-corrected chi connectivity index (χ1v) is 6.32. The van der Waals surface area contributed by atoms with Gasteiger partial charge in [-0.3, -0.25) is 0 Å². The third kappa shape index (κ3) is 2.03. The van der Waals surface area contributed by atoms with Gasteiger partial charge < -0.3 is 10.8 Å². The number of hydrogen-bond donors (Lipinski definition) is 2. The Morgan fingerprint density at radius 1 is 1.31 bits per heavy atom. The lowest BCUT2D eigenvalue weighted by atomic mass is 9.73.